The van der Waals surface area contributed by atoms with Crippen molar-refractivity contribution in [2.45, 2.75) is 20.3 Å². The quantitative estimate of drug-likeness (QED) is 0.907. The minimum absolute atomic E-state index is 0.0863. The number of H-pyrrole nitrogens is 1. The number of aryl methyl sites for hydroxylation is 2. The molecule has 2 aromatic rings. The zero-order chi connectivity index (χ0) is 16.9. The first-order valence-electron chi connectivity index (χ1n) is 8.25. The molecule has 24 heavy (non-hydrogen) atoms. The van der Waals surface area contributed by atoms with Gasteiger partial charge >= 0.3 is 0 Å². The largest absolute Gasteiger partial charge is 0.493 e. The third-order valence-electron chi connectivity index (χ3n) is 4.13. The van der Waals surface area contributed by atoms with E-state index >= 15 is 0 Å². The lowest BCUT2D eigenvalue weighted by molar-refractivity contribution is 0.122. The van der Waals surface area contributed by atoms with E-state index in [1.54, 1.807) is 0 Å². The normalized spacial score (nSPS) is 14.7. The number of hydrogen-bond acceptors (Lipinski definition) is 5. The van der Waals surface area contributed by atoms with Gasteiger partial charge < -0.3 is 14.4 Å². The highest BCUT2D eigenvalue weighted by atomic mass is 16.5. The second kappa shape index (κ2) is 7.49. The Morgan fingerprint density at radius 3 is 2.79 bits per heavy atom. The molecule has 0 bridgehead atoms. The topological polar surface area (TPSA) is 67.5 Å². The van der Waals surface area contributed by atoms with E-state index in [9.17, 15) is 4.79 Å². The average molecular weight is 329 g/mol. The minimum atomic E-state index is -0.0863. The van der Waals surface area contributed by atoms with Crippen LogP contribution in [0, 0.1) is 13.8 Å². The van der Waals surface area contributed by atoms with Crippen molar-refractivity contribution in [3.05, 3.63) is 51.4 Å². The molecule has 1 aliphatic rings. The number of nitrogens with one attached hydrogen (secondary N) is 1. The molecule has 0 unspecified atom stereocenters. The predicted octanol–water partition coefficient (Wildman–Crippen LogP) is 1.84. The number of anilines is 1. The van der Waals surface area contributed by atoms with Gasteiger partial charge in [-0.3, -0.25) is 9.78 Å². The zero-order valence-electron chi connectivity index (χ0n) is 14.2. The van der Waals surface area contributed by atoms with Gasteiger partial charge in [0.2, 0.25) is 5.95 Å². The van der Waals surface area contributed by atoms with Crippen LogP contribution >= 0.6 is 0 Å². The minimum Gasteiger partial charge on any atom is -0.493 e. The summed E-state index contributed by atoms with van der Waals surface area (Å²) in [7, 11) is 0. The lowest BCUT2D eigenvalue weighted by Gasteiger charge is -2.27. The van der Waals surface area contributed by atoms with Crippen LogP contribution in [0.15, 0.2) is 29.1 Å². The molecule has 1 fully saturated rings. The first-order valence-corrected chi connectivity index (χ1v) is 8.25. The fourth-order valence-corrected chi connectivity index (χ4v) is 2.79. The van der Waals surface area contributed by atoms with Crippen molar-refractivity contribution >= 4 is 5.95 Å². The molecule has 3 rings (SSSR count). The maximum Gasteiger partial charge on any atom is 0.255 e. The van der Waals surface area contributed by atoms with Crippen molar-refractivity contribution in [2.75, 3.05) is 37.8 Å². The molecule has 1 aromatic carbocycles. The third kappa shape index (κ3) is 3.94. The molecule has 2 heterocycles. The molecular formula is C18H23N3O3. The zero-order valence-corrected chi connectivity index (χ0v) is 14.2. The van der Waals surface area contributed by atoms with Crippen LogP contribution in [0.5, 0.6) is 5.75 Å². The molecule has 0 amide bonds. The van der Waals surface area contributed by atoms with Gasteiger partial charge in [0.15, 0.2) is 0 Å². The van der Waals surface area contributed by atoms with Crippen LogP contribution in [0.3, 0.4) is 0 Å². The Kier molecular flexibility index (Phi) is 5.15. The van der Waals surface area contributed by atoms with Gasteiger partial charge in [-0.2, -0.15) is 0 Å². The van der Waals surface area contributed by atoms with Gasteiger partial charge in [-0.1, -0.05) is 12.1 Å². The fourth-order valence-electron chi connectivity index (χ4n) is 2.79. The number of aromatic nitrogens is 2. The summed E-state index contributed by atoms with van der Waals surface area (Å²) in [6.45, 7) is 7.17. The molecule has 0 atom stereocenters. The molecule has 0 spiro atoms. The second-order valence-electron chi connectivity index (χ2n) is 5.97. The second-order valence-corrected chi connectivity index (χ2v) is 5.97. The van der Waals surface area contributed by atoms with Crippen LogP contribution in [0.1, 0.15) is 16.8 Å². The van der Waals surface area contributed by atoms with E-state index in [0.717, 1.165) is 30.1 Å². The van der Waals surface area contributed by atoms with E-state index in [-0.39, 0.29) is 5.56 Å². The van der Waals surface area contributed by atoms with Crippen LogP contribution < -0.4 is 15.2 Å². The Bertz CT molecular complexity index is 751. The Balaban J connectivity index is 1.66. The van der Waals surface area contributed by atoms with E-state index in [0.29, 0.717) is 37.8 Å². The number of rotatable bonds is 5. The molecule has 1 N–H and O–H groups in total. The van der Waals surface area contributed by atoms with E-state index < -0.39 is 0 Å². The smallest absolute Gasteiger partial charge is 0.255 e. The van der Waals surface area contributed by atoms with E-state index in [1.165, 1.54) is 0 Å². The molecule has 6 nitrogen and oxygen atoms in total. The number of nitrogens with zero attached hydrogens (tertiary/aromatic N) is 2. The highest BCUT2D eigenvalue weighted by Gasteiger charge is 2.16. The summed E-state index contributed by atoms with van der Waals surface area (Å²) in [4.78, 5) is 21.9. The highest BCUT2D eigenvalue weighted by molar-refractivity contribution is 5.33. The summed E-state index contributed by atoms with van der Waals surface area (Å²) in [5.41, 5.74) is 2.50. The molecular weight excluding hydrogens is 306 g/mol. The van der Waals surface area contributed by atoms with Gasteiger partial charge in [-0.15, -0.1) is 0 Å². The van der Waals surface area contributed by atoms with Crippen molar-refractivity contribution in [1.82, 2.24) is 9.97 Å². The number of benzene rings is 1. The molecule has 6 heteroatoms. The van der Waals surface area contributed by atoms with Crippen molar-refractivity contribution < 1.29 is 9.47 Å². The Morgan fingerprint density at radius 2 is 2.08 bits per heavy atom. The summed E-state index contributed by atoms with van der Waals surface area (Å²) in [5, 5.41) is 0. The number of morpholine rings is 1. The Hall–Kier alpha value is -2.34. The summed E-state index contributed by atoms with van der Waals surface area (Å²) < 4.78 is 11.1. The third-order valence-corrected chi connectivity index (χ3v) is 4.13. The molecule has 0 saturated carbocycles. The molecule has 1 aliphatic heterocycles. The van der Waals surface area contributed by atoms with Gasteiger partial charge in [0.05, 0.1) is 25.5 Å². The summed E-state index contributed by atoms with van der Waals surface area (Å²) in [6, 6.07) is 7.89. The first-order chi connectivity index (χ1) is 11.6. The summed E-state index contributed by atoms with van der Waals surface area (Å²) in [5.74, 6) is 1.45. The van der Waals surface area contributed by atoms with Gasteiger partial charge in [-0.05, 0) is 31.5 Å². The van der Waals surface area contributed by atoms with E-state index in [1.807, 2.05) is 43.0 Å². The van der Waals surface area contributed by atoms with Gasteiger partial charge in [0.25, 0.3) is 5.56 Å². The van der Waals surface area contributed by atoms with Crippen molar-refractivity contribution in [2.24, 2.45) is 0 Å². The summed E-state index contributed by atoms with van der Waals surface area (Å²) in [6.07, 6.45) is 0.533. The fraction of sp³-hybridized carbons (Fsp3) is 0.444. The monoisotopic (exact) mass is 329 g/mol. The van der Waals surface area contributed by atoms with Crippen LogP contribution in [0.4, 0.5) is 5.95 Å². The van der Waals surface area contributed by atoms with Crippen molar-refractivity contribution in [1.29, 1.82) is 0 Å². The van der Waals surface area contributed by atoms with Crippen molar-refractivity contribution in [3.8, 4) is 5.75 Å². The predicted molar refractivity (Wildman–Crippen MR) is 93.0 cm³/mol. The van der Waals surface area contributed by atoms with Crippen LogP contribution in [-0.2, 0) is 11.2 Å². The lowest BCUT2D eigenvalue weighted by Crippen LogP contribution is -2.38. The van der Waals surface area contributed by atoms with Gasteiger partial charge in [0, 0.05) is 25.1 Å². The SMILES string of the molecule is Cc1cccc(OCCc2c(C)nc(N3CCOCC3)[nH]c2=O)c1. The number of ether oxygens (including phenoxy) is 2. The Morgan fingerprint density at radius 1 is 1.29 bits per heavy atom. The number of aromatic amines is 1. The highest BCUT2D eigenvalue weighted by Crippen LogP contribution is 2.14. The lowest BCUT2D eigenvalue weighted by atomic mass is 10.2. The van der Waals surface area contributed by atoms with Gasteiger partial charge in [-0.25, -0.2) is 4.98 Å². The Labute approximate surface area is 141 Å². The van der Waals surface area contributed by atoms with Crippen LogP contribution in [0.2, 0.25) is 0 Å². The van der Waals surface area contributed by atoms with Crippen LogP contribution in [0.25, 0.3) is 0 Å². The molecule has 0 radical (unpaired) electrons. The summed E-state index contributed by atoms with van der Waals surface area (Å²) >= 11 is 0. The van der Waals surface area contributed by atoms with Crippen LogP contribution in [-0.4, -0.2) is 42.9 Å². The number of hydrogen-bond donors (Lipinski definition) is 1. The molecule has 0 aliphatic carbocycles. The first kappa shape index (κ1) is 16.5. The standard InChI is InChI=1S/C18H23N3O3/c1-13-4-3-5-15(12-13)24-9-6-16-14(2)19-18(20-17(16)22)21-7-10-23-11-8-21/h3-5,12H,6-11H2,1-2H3,(H,19,20,22). The maximum absolute atomic E-state index is 12.4. The molecule has 128 valence electrons. The maximum atomic E-state index is 12.4. The molecule has 1 saturated heterocycles. The van der Waals surface area contributed by atoms with E-state index in [4.69, 9.17) is 9.47 Å². The van der Waals surface area contributed by atoms with Crippen molar-refractivity contribution in [3.63, 3.8) is 0 Å². The molecule has 1 aromatic heterocycles. The van der Waals surface area contributed by atoms with E-state index in [2.05, 4.69) is 9.97 Å². The van der Waals surface area contributed by atoms with Gasteiger partial charge in [0.1, 0.15) is 5.75 Å². The average Bonchev–Trinajstić information content (AvgIpc) is 2.58.